The summed E-state index contributed by atoms with van der Waals surface area (Å²) in [6, 6.07) is 15.6. The molecule has 0 bridgehead atoms. The molecule has 0 saturated carbocycles. The van der Waals surface area contributed by atoms with E-state index in [0.717, 1.165) is 25.3 Å². The van der Waals surface area contributed by atoms with Crippen molar-refractivity contribution in [1.82, 2.24) is 4.90 Å². The highest BCUT2D eigenvalue weighted by molar-refractivity contribution is 5.91. The predicted octanol–water partition coefficient (Wildman–Crippen LogP) is 3.23. The Hall–Kier alpha value is -3.22. The molecule has 146 valence electrons. The molecule has 1 aliphatic heterocycles. The Labute approximate surface area is 163 Å². The highest BCUT2D eigenvalue weighted by Gasteiger charge is 2.24. The number of amides is 1. The van der Waals surface area contributed by atoms with Crippen LogP contribution in [-0.4, -0.2) is 41.4 Å². The Morgan fingerprint density at radius 3 is 2.46 bits per heavy atom. The van der Waals surface area contributed by atoms with Crippen molar-refractivity contribution in [1.29, 1.82) is 0 Å². The van der Waals surface area contributed by atoms with E-state index in [9.17, 15) is 19.7 Å². The zero-order valence-corrected chi connectivity index (χ0v) is 15.5. The first-order valence-corrected chi connectivity index (χ1v) is 9.26. The molecule has 0 N–H and O–H groups in total. The minimum absolute atomic E-state index is 0.0589. The summed E-state index contributed by atoms with van der Waals surface area (Å²) in [4.78, 5) is 36.3. The average molecular weight is 382 g/mol. The summed E-state index contributed by atoms with van der Waals surface area (Å²) in [5, 5.41) is 10.8. The van der Waals surface area contributed by atoms with Crippen LogP contribution in [-0.2, 0) is 16.0 Å². The van der Waals surface area contributed by atoms with Gasteiger partial charge in [0.1, 0.15) is 0 Å². The number of hydrogen-bond acceptors (Lipinski definition) is 5. The molecule has 3 rings (SSSR count). The molecule has 0 spiro atoms. The average Bonchev–Trinajstić information content (AvgIpc) is 2.73. The second-order valence-electron chi connectivity index (χ2n) is 6.90. The van der Waals surface area contributed by atoms with Crippen LogP contribution < -0.4 is 0 Å². The van der Waals surface area contributed by atoms with E-state index in [1.54, 1.807) is 4.90 Å². The maximum atomic E-state index is 12.3. The van der Waals surface area contributed by atoms with Gasteiger partial charge in [-0.1, -0.05) is 36.4 Å². The third-order valence-corrected chi connectivity index (χ3v) is 4.95. The van der Waals surface area contributed by atoms with Crippen LogP contribution >= 0.6 is 0 Å². The van der Waals surface area contributed by atoms with Crippen molar-refractivity contribution in [3.63, 3.8) is 0 Å². The van der Waals surface area contributed by atoms with Crippen LogP contribution in [0.2, 0.25) is 0 Å². The van der Waals surface area contributed by atoms with Gasteiger partial charge in [-0.3, -0.25) is 14.9 Å². The number of esters is 1. The van der Waals surface area contributed by atoms with E-state index >= 15 is 0 Å². The zero-order chi connectivity index (χ0) is 19.9. The molecule has 1 aliphatic rings. The summed E-state index contributed by atoms with van der Waals surface area (Å²) in [6.45, 7) is 0.931. The molecule has 0 aromatic heterocycles. The monoisotopic (exact) mass is 382 g/mol. The van der Waals surface area contributed by atoms with E-state index in [2.05, 4.69) is 12.1 Å². The van der Waals surface area contributed by atoms with Crippen LogP contribution in [0.4, 0.5) is 5.69 Å². The summed E-state index contributed by atoms with van der Waals surface area (Å²) < 4.78 is 5.05. The predicted molar refractivity (Wildman–Crippen MR) is 103 cm³/mol. The van der Waals surface area contributed by atoms with Gasteiger partial charge in [-0.15, -0.1) is 0 Å². The number of likely N-dealkylation sites (tertiary alicyclic amines) is 1. The fraction of sp³-hybridized carbons (Fsp3) is 0.333. The van der Waals surface area contributed by atoms with Crippen molar-refractivity contribution in [2.75, 3.05) is 19.7 Å². The number of nitro groups is 1. The zero-order valence-electron chi connectivity index (χ0n) is 15.5. The lowest BCUT2D eigenvalue weighted by Gasteiger charge is -2.32. The van der Waals surface area contributed by atoms with Gasteiger partial charge in [-0.2, -0.15) is 0 Å². The lowest BCUT2D eigenvalue weighted by atomic mass is 9.90. The summed E-state index contributed by atoms with van der Waals surface area (Å²) in [7, 11) is 0. The summed E-state index contributed by atoms with van der Waals surface area (Å²) in [5.74, 6) is -0.438. The number of carbonyl (C=O) groups is 2. The quantitative estimate of drug-likeness (QED) is 0.435. The van der Waals surface area contributed by atoms with Gasteiger partial charge in [-0.25, -0.2) is 4.79 Å². The molecule has 2 aromatic carbocycles. The van der Waals surface area contributed by atoms with Gasteiger partial charge < -0.3 is 9.64 Å². The van der Waals surface area contributed by atoms with Crippen LogP contribution in [0.3, 0.4) is 0 Å². The number of nitro benzene ring substituents is 1. The topological polar surface area (TPSA) is 89.8 Å². The summed E-state index contributed by atoms with van der Waals surface area (Å²) in [5.41, 5.74) is 1.17. The minimum atomic E-state index is -0.740. The number of nitrogens with zero attached hydrogens (tertiary/aromatic N) is 2. The van der Waals surface area contributed by atoms with E-state index < -0.39 is 10.9 Å². The standard InChI is InChI=1S/C21H22N2O5/c24-20(15-28-21(25)18-7-4-8-19(14-18)23(26)27)22-11-9-17(10-12-22)13-16-5-2-1-3-6-16/h1-8,14,17H,9-13,15H2. The van der Waals surface area contributed by atoms with Gasteiger partial charge in [0.05, 0.1) is 10.5 Å². The van der Waals surface area contributed by atoms with Gasteiger partial charge in [0.15, 0.2) is 6.61 Å². The molecule has 0 unspecified atom stereocenters. The molecular weight excluding hydrogens is 360 g/mol. The molecule has 1 amide bonds. The van der Waals surface area contributed by atoms with Crippen LogP contribution in [0, 0.1) is 16.0 Å². The molecule has 2 aromatic rings. The molecular formula is C21H22N2O5. The van der Waals surface area contributed by atoms with Crippen LogP contribution in [0.25, 0.3) is 0 Å². The van der Waals surface area contributed by atoms with Crippen LogP contribution in [0.15, 0.2) is 54.6 Å². The van der Waals surface area contributed by atoms with E-state index in [1.165, 1.54) is 23.8 Å². The normalized spacial score (nSPS) is 14.5. The van der Waals surface area contributed by atoms with Crippen molar-refractivity contribution >= 4 is 17.6 Å². The van der Waals surface area contributed by atoms with Gasteiger partial charge in [0, 0.05) is 25.2 Å². The molecule has 28 heavy (non-hydrogen) atoms. The van der Waals surface area contributed by atoms with Crippen molar-refractivity contribution in [3.8, 4) is 0 Å². The Kier molecular flexibility index (Phi) is 6.37. The van der Waals surface area contributed by atoms with Gasteiger partial charge in [-0.05, 0) is 36.8 Å². The van der Waals surface area contributed by atoms with Crippen molar-refractivity contribution in [2.45, 2.75) is 19.3 Å². The number of carbonyl (C=O) groups excluding carboxylic acids is 2. The van der Waals surface area contributed by atoms with Crippen molar-refractivity contribution in [2.24, 2.45) is 5.92 Å². The largest absolute Gasteiger partial charge is 0.452 e. The maximum Gasteiger partial charge on any atom is 0.338 e. The van der Waals surface area contributed by atoms with E-state index in [0.29, 0.717) is 19.0 Å². The smallest absolute Gasteiger partial charge is 0.338 e. The highest BCUT2D eigenvalue weighted by atomic mass is 16.6. The first kappa shape index (κ1) is 19.5. The number of benzene rings is 2. The third-order valence-electron chi connectivity index (χ3n) is 4.95. The van der Waals surface area contributed by atoms with Crippen LogP contribution in [0.1, 0.15) is 28.8 Å². The number of rotatable bonds is 6. The molecule has 0 radical (unpaired) electrons. The molecule has 7 heteroatoms. The first-order chi connectivity index (χ1) is 13.5. The van der Waals surface area contributed by atoms with E-state index in [1.807, 2.05) is 18.2 Å². The second kappa shape index (κ2) is 9.12. The lowest BCUT2D eigenvalue weighted by molar-refractivity contribution is -0.384. The fourth-order valence-corrected chi connectivity index (χ4v) is 3.38. The van der Waals surface area contributed by atoms with Gasteiger partial charge >= 0.3 is 5.97 Å². The SMILES string of the molecule is O=C(OCC(=O)N1CCC(Cc2ccccc2)CC1)c1cccc([N+](=O)[O-])c1. The Balaban J connectivity index is 1.45. The first-order valence-electron chi connectivity index (χ1n) is 9.26. The molecule has 1 saturated heterocycles. The van der Waals surface area contributed by atoms with Gasteiger partial charge in [0.2, 0.25) is 0 Å². The third kappa shape index (κ3) is 5.16. The molecule has 7 nitrogen and oxygen atoms in total. The number of ether oxygens (including phenoxy) is 1. The summed E-state index contributed by atoms with van der Waals surface area (Å²) in [6.07, 6.45) is 2.84. The summed E-state index contributed by atoms with van der Waals surface area (Å²) >= 11 is 0. The van der Waals surface area contributed by atoms with Crippen LogP contribution in [0.5, 0.6) is 0 Å². The molecule has 0 aliphatic carbocycles. The number of hydrogen-bond donors (Lipinski definition) is 0. The maximum absolute atomic E-state index is 12.3. The lowest BCUT2D eigenvalue weighted by Crippen LogP contribution is -2.41. The Bertz CT molecular complexity index is 845. The van der Waals surface area contributed by atoms with E-state index in [-0.39, 0.29) is 23.8 Å². The fourth-order valence-electron chi connectivity index (χ4n) is 3.38. The molecule has 1 fully saturated rings. The molecule has 1 heterocycles. The van der Waals surface area contributed by atoms with Crippen molar-refractivity contribution < 1.29 is 19.2 Å². The van der Waals surface area contributed by atoms with Gasteiger partial charge in [0.25, 0.3) is 11.6 Å². The second-order valence-corrected chi connectivity index (χ2v) is 6.90. The van der Waals surface area contributed by atoms with Crippen molar-refractivity contribution in [3.05, 3.63) is 75.8 Å². The highest BCUT2D eigenvalue weighted by Crippen LogP contribution is 2.22. The Morgan fingerprint density at radius 1 is 1.07 bits per heavy atom. The minimum Gasteiger partial charge on any atom is -0.452 e. The molecule has 0 atom stereocenters. The Morgan fingerprint density at radius 2 is 1.79 bits per heavy atom. The number of non-ortho nitro benzene ring substituents is 1. The number of piperidine rings is 1. The van der Waals surface area contributed by atoms with E-state index in [4.69, 9.17) is 4.74 Å².